The number of likely N-dealkylation sites (tertiary alicyclic amines) is 1. The van der Waals surface area contributed by atoms with Gasteiger partial charge in [-0.15, -0.1) is 0 Å². The normalized spacial score (nSPS) is 20.0. The third kappa shape index (κ3) is 3.51. The molecule has 140 valence electrons. The summed E-state index contributed by atoms with van der Waals surface area (Å²) < 4.78 is 1.46. The first-order valence-electron chi connectivity index (χ1n) is 9.48. The average Bonchev–Trinajstić information content (AvgIpc) is 3.06. The summed E-state index contributed by atoms with van der Waals surface area (Å²) in [4.78, 5) is 27.7. The van der Waals surface area contributed by atoms with Crippen molar-refractivity contribution in [3.63, 3.8) is 0 Å². The molecule has 0 spiro atoms. The Morgan fingerprint density at radius 2 is 2.00 bits per heavy atom. The Bertz CT molecular complexity index is 861. The first-order valence-corrected chi connectivity index (χ1v) is 9.48. The standard InChI is InChI=1S/C20H28N4O2/c1-3-4-7-11-24-18(25)16-9-6-5-8-15(16)17(22-24)19(26)23-12-10-20(2,13-21)14-23/h5-6,8-9H,3-4,7,10-14,21H2,1-2H3. The van der Waals surface area contributed by atoms with Crippen LogP contribution in [0.2, 0.25) is 0 Å². The van der Waals surface area contributed by atoms with Gasteiger partial charge in [-0.3, -0.25) is 9.59 Å². The fourth-order valence-electron chi connectivity index (χ4n) is 3.57. The predicted molar refractivity (Wildman–Crippen MR) is 103 cm³/mol. The predicted octanol–water partition coefficient (Wildman–Crippen LogP) is 2.40. The number of hydrogen-bond acceptors (Lipinski definition) is 4. The third-order valence-corrected chi connectivity index (χ3v) is 5.38. The van der Waals surface area contributed by atoms with Gasteiger partial charge in [0.1, 0.15) is 0 Å². The summed E-state index contributed by atoms with van der Waals surface area (Å²) in [7, 11) is 0. The van der Waals surface area contributed by atoms with Gasteiger partial charge < -0.3 is 10.6 Å². The molecule has 6 heteroatoms. The lowest BCUT2D eigenvalue weighted by Gasteiger charge is -2.22. The summed E-state index contributed by atoms with van der Waals surface area (Å²) in [5.41, 5.74) is 6.08. The van der Waals surface area contributed by atoms with Crippen LogP contribution in [0.3, 0.4) is 0 Å². The van der Waals surface area contributed by atoms with Crippen molar-refractivity contribution >= 4 is 16.7 Å². The van der Waals surface area contributed by atoms with Gasteiger partial charge >= 0.3 is 0 Å². The van der Waals surface area contributed by atoms with E-state index in [1.165, 1.54) is 4.68 Å². The molecule has 1 amide bonds. The number of rotatable bonds is 6. The number of aryl methyl sites for hydroxylation is 1. The van der Waals surface area contributed by atoms with Crippen LogP contribution in [0.1, 0.15) is 50.0 Å². The lowest BCUT2D eigenvalue weighted by atomic mass is 9.90. The number of hydrogen-bond donors (Lipinski definition) is 1. The molecule has 0 bridgehead atoms. The van der Waals surface area contributed by atoms with Crippen LogP contribution in [0, 0.1) is 5.41 Å². The molecule has 0 aliphatic carbocycles. The second kappa shape index (κ2) is 7.58. The average molecular weight is 356 g/mol. The maximum Gasteiger partial charge on any atom is 0.274 e. The van der Waals surface area contributed by atoms with Gasteiger partial charge in [0.25, 0.3) is 11.5 Å². The minimum absolute atomic E-state index is 0.0406. The highest BCUT2D eigenvalue weighted by molar-refractivity contribution is 6.04. The molecule has 1 aliphatic rings. The molecule has 0 radical (unpaired) electrons. The van der Waals surface area contributed by atoms with Crippen molar-refractivity contribution in [1.82, 2.24) is 14.7 Å². The van der Waals surface area contributed by atoms with Crippen molar-refractivity contribution < 1.29 is 4.79 Å². The number of amides is 1. The second-order valence-electron chi connectivity index (χ2n) is 7.62. The van der Waals surface area contributed by atoms with E-state index in [2.05, 4.69) is 18.9 Å². The SMILES string of the molecule is CCCCCn1nc(C(=O)N2CCC(C)(CN)C2)c2ccccc2c1=O. The van der Waals surface area contributed by atoms with Crippen LogP contribution in [-0.4, -0.2) is 40.2 Å². The molecule has 3 rings (SSSR count). The molecule has 1 atom stereocenters. The molecule has 1 aromatic carbocycles. The van der Waals surface area contributed by atoms with Crippen LogP contribution in [0.4, 0.5) is 0 Å². The Labute approximate surface area is 154 Å². The molecule has 2 aromatic rings. The maximum absolute atomic E-state index is 13.2. The van der Waals surface area contributed by atoms with Crippen LogP contribution in [0.15, 0.2) is 29.1 Å². The van der Waals surface area contributed by atoms with Crippen molar-refractivity contribution in [2.24, 2.45) is 11.1 Å². The maximum atomic E-state index is 13.2. The number of nitrogens with zero attached hydrogens (tertiary/aromatic N) is 3. The van der Waals surface area contributed by atoms with Crippen molar-refractivity contribution in [1.29, 1.82) is 0 Å². The van der Waals surface area contributed by atoms with Crippen molar-refractivity contribution in [3.05, 3.63) is 40.3 Å². The zero-order chi connectivity index (χ0) is 18.7. The number of aromatic nitrogens is 2. The smallest absolute Gasteiger partial charge is 0.274 e. The minimum Gasteiger partial charge on any atom is -0.337 e. The summed E-state index contributed by atoms with van der Waals surface area (Å²) in [6.45, 7) is 6.63. The molecule has 1 aliphatic heterocycles. The Hall–Kier alpha value is -2.21. The first-order chi connectivity index (χ1) is 12.5. The Morgan fingerprint density at radius 1 is 1.27 bits per heavy atom. The number of unbranched alkanes of at least 4 members (excludes halogenated alkanes) is 2. The van der Waals surface area contributed by atoms with E-state index in [1.54, 1.807) is 6.07 Å². The Morgan fingerprint density at radius 3 is 2.65 bits per heavy atom. The lowest BCUT2D eigenvalue weighted by Crippen LogP contribution is -2.36. The second-order valence-corrected chi connectivity index (χ2v) is 7.62. The quantitative estimate of drug-likeness (QED) is 0.806. The highest BCUT2D eigenvalue weighted by Gasteiger charge is 2.36. The van der Waals surface area contributed by atoms with E-state index in [-0.39, 0.29) is 16.9 Å². The lowest BCUT2D eigenvalue weighted by molar-refractivity contribution is 0.0770. The van der Waals surface area contributed by atoms with Crippen LogP contribution >= 0.6 is 0 Å². The van der Waals surface area contributed by atoms with Gasteiger partial charge in [0.05, 0.1) is 5.39 Å². The van der Waals surface area contributed by atoms with E-state index < -0.39 is 0 Å². The minimum atomic E-state index is -0.124. The summed E-state index contributed by atoms with van der Waals surface area (Å²) >= 11 is 0. The zero-order valence-electron chi connectivity index (χ0n) is 15.7. The number of nitrogens with two attached hydrogens (primary N) is 1. The summed E-state index contributed by atoms with van der Waals surface area (Å²) in [6, 6.07) is 7.26. The number of carbonyl (C=O) groups excluding carboxylic acids is 1. The van der Waals surface area contributed by atoms with E-state index in [1.807, 2.05) is 23.1 Å². The van der Waals surface area contributed by atoms with Gasteiger partial charge in [0, 0.05) is 25.0 Å². The van der Waals surface area contributed by atoms with E-state index in [4.69, 9.17) is 5.73 Å². The monoisotopic (exact) mass is 356 g/mol. The Kier molecular flexibility index (Phi) is 5.41. The molecule has 6 nitrogen and oxygen atoms in total. The fourth-order valence-corrected chi connectivity index (χ4v) is 3.57. The molecule has 1 fully saturated rings. The molecular weight excluding hydrogens is 328 g/mol. The molecule has 1 saturated heterocycles. The number of benzene rings is 1. The highest BCUT2D eigenvalue weighted by Crippen LogP contribution is 2.30. The molecule has 26 heavy (non-hydrogen) atoms. The van der Waals surface area contributed by atoms with Gasteiger partial charge in [-0.1, -0.05) is 44.9 Å². The van der Waals surface area contributed by atoms with Crippen LogP contribution < -0.4 is 11.3 Å². The Balaban J connectivity index is 2.00. The topological polar surface area (TPSA) is 81.2 Å². The van der Waals surface area contributed by atoms with Gasteiger partial charge in [-0.05, 0) is 30.9 Å². The van der Waals surface area contributed by atoms with Crippen LogP contribution in [0.5, 0.6) is 0 Å². The third-order valence-electron chi connectivity index (χ3n) is 5.38. The van der Waals surface area contributed by atoms with E-state index in [0.717, 1.165) is 25.7 Å². The van der Waals surface area contributed by atoms with Crippen LogP contribution in [-0.2, 0) is 6.54 Å². The van der Waals surface area contributed by atoms with E-state index in [9.17, 15) is 9.59 Å². The summed E-state index contributed by atoms with van der Waals surface area (Å²) in [5.74, 6) is -0.109. The number of fused-ring (bicyclic) bond motifs is 1. The first kappa shape index (κ1) is 18.6. The summed E-state index contributed by atoms with van der Waals surface area (Å²) in [5, 5.41) is 5.67. The highest BCUT2D eigenvalue weighted by atomic mass is 16.2. The van der Waals surface area contributed by atoms with Gasteiger partial charge in [-0.2, -0.15) is 5.10 Å². The van der Waals surface area contributed by atoms with E-state index in [0.29, 0.717) is 42.6 Å². The van der Waals surface area contributed by atoms with Gasteiger partial charge in [0.2, 0.25) is 0 Å². The molecule has 0 saturated carbocycles. The van der Waals surface area contributed by atoms with Crippen molar-refractivity contribution in [2.75, 3.05) is 19.6 Å². The van der Waals surface area contributed by atoms with E-state index >= 15 is 0 Å². The van der Waals surface area contributed by atoms with Crippen molar-refractivity contribution in [2.45, 2.75) is 46.1 Å². The van der Waals surface area contributed by atoms with Gasteiger partial charge in [-0.25, -0.2) is 4.68 Å². The molecule has 2 N–H and O–H groups in total. The molecule has 1 unspecified atom stereocenters. The fraction of sp³-hybridized carbons (Fsp3) is 0.550. The number of carbonyl (C=O) groups is 1. The molecule has 1 aromatic heterocycles. The summed E-state index contributed by atoms with van der Waals surface area (Å²) in [6.07, 6.45) is 3.87. The molecule has 2 heterocycles. The molecular formula is C20H28N4O2. The largest absolute Gasteiger partial charge is 0.337 e. The van der Waals surface area contributed by atoms with Gasteiger partial charge in [0.15, 0.2) is 5.69 Å². The zero-order valence-corrected chi connectivity index (χ0v) is 15.7. The van der Waals surface area contributed by atoms with Crippen molar-refractivity contribution in [3.8, 4) is 0 Å². The van der Waals surface area contributed by atoms with Crippen LogP contribution in [0.25, 0.3) is 10.8 Å².